The smallest absolute Gasteiger partial charge is 0.383 e. The maximum Gasteiger partial charge on any atom is 0.446 e. The summed E-state index contributed by atoms with van der Waals surface area (Å²) in [5, 5.41) is 12.1. The van der Waals surface area contributed by atoms with Crippen molar-refractivity contribution in [2.45, 2.75) is 10.4 Å². The average molecular weight is 338 g/mol. The van der Waals surface area contributed by atoms with Crippen LogP contribution in [0.3, 0.4) is 0 Å². The molecule has 2 rings (SSSR count). The molecule has 1 aromatic heterocycles. The molecule has 1 aromatic carbocycles. The number of nitrogens with two attached hydrogens (primary N) is 1. The van der Waals surface area contributed by atoms with Crippen molar-refractivity contribution in [1.29, 1.82) is 5.26 Å². The van der Waals surface area contributed by atoms with Gasteiger partial charge in [0.05, 0.1) is 4.90 Å². The number of hydrogen-bond donors (Lipinski definition) is 1. The second kappa shape index (κ2) is 5.45. The molecule has 0 radical (unpaired) electrons. The van der Waals surface area contributed by atoms with E-state index in [-0.39, 0.29) is 4.68 Å². The Morgan fingerprint density at radius 3 is 2.18 bits per heavy atom. The molecule has 0 aliphatic carbocycles. The predicted octanol–water partition coefficient (Wildman–Crippen LogP) is 3.36. The first kappa shape index (κ1) is 16.0. The average Bonchev–Trinajstić information content (AvgIpc) is 2.64. The predicted molar refractivity (Wildman–Crippen MR) is 64.5 cm³/mol. The third-order valence-electron chi connectivity index (χ3n) is 2.39. The number of nitrogens with zero attached hydrogens (tertiary/aromatic N) is 3. The van der Waals surface area contributed by atoms with Crippen molar-refractivity contribution in [3.8, 4) is 11.8 Å². The number of hydrogen-bond acceptors (Lipinski definition) is 4. The van der Waals surface area contributed by atoms with Gasteiger partial charge in [-0.05, 0) is 11.8 Å². The third-order valence-corrected chi connectivity index (χ3v) is 3.23. The van der Waals surface area contributed by atoms with Crippen LogP contribution in [-0.2, 0) is 0 Å². The van der Waals surface area contributed by atoms with Crippen LogP contribution in [0.5, 0.6) is 0 Å². The highest BCUT2D eigenvalue weighted by molar-refractivity contribution is 8.00. The number of alkyl halides is 3. The van der Waals surface area contributed by atoms with Gasteiger partial charge in [-0.15, -0.1) is 0 Å². The molecule has 0 fully saturated rings. The summed E-state index contributed by atoms with van der Waals surface area (Å²) in [6.45, 7) is 0. The fourth-order valence-corrected chi connectivity index (χ4v) is 2.22. The molecule has 4 nitrogen and oxygen atoms in total. The van der Waals surface area contributed by atoms with E-state index in [2.05, 4.69) is 5.10 Å². The summed E-state index contributed by atoms with van der Waals surface area (Å²) in [5.74, 6) is -4.88. The Hall–Kier alpha value is -2.35. The van der Waals surface area contributed by atoms with Gasteiger partial charge in [-0.25, -0.2) is 17.9 Å². The molecule has 0 spiro atoms. The first-order valence-electron chi connectivity index (χ1n) is 5.33. The SMILES string of the molecule is N#Cc1nn(-c2c(F)cc(F)cc2F)c(N)c1SC(F)(F)F. The van der Waals surface area contributed by atoms with Gasteiger partial charge in [0.15, 0.2) is 17.3 Å². The van der Waals surface area contributed by atoms with Gasteiger partial charge in [-0.1, -0.05) is 0 Å². The summed E-state index contributed by atoms with van der Waals surface area (Å²) >= 11 is -0.741. The Labute approximate surface area is 123 Å². The van der Waals surface area contributed by atoms with E-state index in [9.17, 15) is 26.3 Å². The van der Waals surface area contributed by atoms with Crippen molar-refractivity contribution in [3.05, 3.63) is 35.3 Å². The molecule has 0 saturated heterocycles. The zero-order valence-corrected chi connectivity index (χ0v) is 11.1. The summed E-state index contributed by atoms with van der Waals surface area (Å²) in [5.41, 5.74) is -1.13. The molecule has 0 amide bonds. The molecule has 0 saturated carbocycles. The second-order valence-electron chi connectivity index (χ2n) is 3.85. The van der Waals surface area contributed by atoms with Crippen LogP contribution in [0.15, 0.2) is 17.0 Å². The zero-order chi connectivity index (χ0) is 16.7. The Morgan fingerprint density at radius 1 is 1.18 bits per heavy atom. The molecular weight excluding hydrogens is 334 g/mol. The minimum Gasteiger partial charge on any atom is -0.383 e. The van der Waals surface area contributed by atoms with Crippen LogP contribution in [0.2, 0.25) is 0 Å². The molecule has 116 valence electrons. The van der Waals surface area contributed by atoms with Crippen molar-refractivity contribution < 1.29 is 26.3 Å². The fraction of sp³-hybridized carbons (Fsp3) is 0.0909. The molecule has 0 unspecified atom stereocenters. The Bertz CT molecular complexity index is 753. The maximum atomic E-state index is 13.7. The number of anilines is 1. The molecule has 22 heavy (non-hydrogen) atoms. The van der Waals surface area contributed by atoms with Crippen LogP contribution >= 0.6 is 11.8 Å². The number of nitriles is 1. The van der Waals surface area contributed by atoms with Crippen molar-refractivity contribution in [2.24, 2.45) is 0 Å². The lowest BCUT2D eigenvalue weighted by molar-refractivity contribution is -0.0328. The second-order valence-corrected chi connectivity index (χ2v) is 4.93. The van der Waals surface area contributed by atoms with Gasteiger partial charge in [-0.2, -0.15) is 23.5 Å². The molecule has 1 heterocycles. The van der Waals surface area contributed by atoms with E-state index >= 15 is 0 Å². The summed E-state index contributed by atoms with van der Waals surface area (Å²) < 4.78 is 77.7. The molecule has 11 heteroatoms. The van der Waals surface area contributed by atoms with Crippen molar-refractivity contribution in [3.63, 3.8) is 0 Å². The number of benzene rings is 1. The molecule has 2 aromatic rings. The number of halogens is 6. The largest absolute Gasteiger partial charge is 0.446 e. The number of rotatable bonds is 2. The lowest BCUT2D eigenvalue weighted by Crippen LogP contribution is -2.08. The molecule has 0 aliphatic heterocycles. The van der Waals surface area contributed by atoms with Crippen molar-refractivity contribution in [2.75, 3.05) is 5.73 Å². The fourth-order valence-electron chi connectivity index (χ4n) is 1.61. The van der Waals surface area contributed by atoms with E-state index < -0.39 is 56.8 Å². The van der Waals surface area contributed by atoms with Crippen LogP contribution in [0.4, 0.5) is 32.2 Å². The van der Waals surface area contributed by atoms with Gasteiger partial charge in [-0.3, -0.25) is 0 Å². The molecule has 0 bridgehead atoms. The Balaban J connectivity index is 2.67. The van der Waals surface area contributed by atoms with Gasteiger partial charge in [0, 0.05) is 12.1 Å². The van der Waals surface area contributed by atoms with E-state index in [0.29, 0.717) is 12.1 Å². The van der Waals surface area contributed by atoms with Crippen molar-refractivity contribution >= 4 is 17.6 Å². The molecule has 0 aliphatic rings. The topological polar surface area (TPSA) is 67.6 Å². The zero-order valence-electron chi connectivity index (χ0n) is 10.2. The third kappa shape index (κ3) is 2.96. The maximum absolute atomic E-state index is 13.7. The first-order valence-corrected chi connectivity index (χ1v) is 6.15. The normalized spacial score (nSPS) is 11.5. The van der Waals surface area contributed by atoms with E-state index in [1.807, 2.05) is 0 Å². The van der Waals surface area contributed by atoms with Crippen LogP contribution in [0.25, 0.3) is 5.69 Å². The molecule has 2 N–H and O–H groups in total. The summed E-state index contributed by atoms with van der Waals surface area (Å²) in [7, 11) is 0. The minimum absolute atomic E-state index is 0.288. The van der Waals surface area contributed by atoms with Crippen LogP contribution in [0.1, 0.15) is 5.69 Å². The number of aromatic nitrogens is 2. The highest BCUT2D eigenvalue weighted by Crippen LogP contribution is 2.42. The van der Waals surface area contributed by atoms with E-state index in [4.69, 9.17) is 11.0 Å². The van der Waals surface area contributed by atoms with Gasteiger partial charge in [0.25, 0.3) is 0 Å². The van der Waals surface area contributed by atoms with Gasteiger partial charge in [0.1, 0.15) is 23.4 Å². The van der Waals surface area contributed by atoms with Crippen LogP contribution in [0, 0.1) is 28.8 Å². The quantitative estimate of drug-likeness (QED) is 0.673. The highest BCUT2D eigenvalue weighted by Gasteiger charge is 2.34. The lowest BCUT2D eigenvalue weighted by atomic mass is 10.3. The summed E-state index contributed by atoms with van der Waals surface area (Å²) in [4.78, 5) is -0.793. The van der Waals surface area contributed by atoms with Crippen molar-refractivity contribution in [1.82, 2.24) is 9.78 Å². The van der Waals surface area contributed by atoms with Gasteiger partial charge >= 0.3 is 5.51 Å². The molecule has 0 atom stereocenters. The minimum atomic E-state index is -4.78. The summed E-state index contributed by atoms with van der Waals surface area (Å²) in [6, 6.07) is 1.96. The number of thioether (sulfide) groups is 1. The van der Waals surface area contributed by atoms with Crippen LogP contribution < -0.4 is 5.73 Å². The monoisotopic (exact) mass is 338 g/mol. The molecular formula is C11H4F6N4S. The number of nitrogen functional groups attached to an aromatic ring is 1. The van der Waals surface area contributed by atoms with Gasteiger partial charge < -0.3 is 5.73 Å². The Morgan fingerprint density at radius 2 is 1.73 bits per heavy atom. The standard InChI is InChI=1S/C11H4F6N4S/c12-4-1-5(13)8(6(14)2-4)21-10(19)9(7(3-18)20-21)22-11(15,16)17/h1-2H,19H2. The summed E-state index contributed by atoms with van der Waals surface area (Å²) in [6.07, 6.45) is 0. The Kier molecular flexibility index (Phi) is 3.97. The van der Waals surface area contributed by atoms with E-state index in [1.54, 1.807) is 0 Å². The van der Waals surface area contributed by atoms with Gasteiger partial charge in [0.2, 0.25) is 0 Å². The highest BCUT2D eigenvalue weighted by atomic mass is 32.2. The van der Waals surface area contributed by atoms with E-state index in [0.717, 1.165) is 0 Å². The lowest BCUT2D eigenvalue weighted by Gasteiger charge is -2.08. The van der Waals surface area contributed by atoms with Crippen LogP contribution in [-0.4, -0.2) is 15.3 Å². The first-order chi connectivity index (χ1) is 10.1. The van der Waals surface area contributed by atoms with E-state index in [1.165, 1.54) is 6.07 Å².